The lowest BCUT2D eigenvalue weighted by molar-refractivity contribution is 0.619. The van der Waals surface area contributed by atoms with Gasteiger partial charge in [-0.15, -0.1) is 0 Å². The molecular formula is C13H12FN3OS. The van der Waals surface area contributed by atoms with Crippen LogP contribution >= 0.6 is 11.8 Å². The van der Waals surface area contributed by atoms with E-state index in [1.54, 1.807) is 6.20 Å². The Bertz CT molecular complexity index is 671. The number of hydrogen-bond donors (Lipinski definition) is 1. The Hall–Kier alpha value is -1.69. The maximum Gasteiger partial charge on any atom is 0.254 e. The first kappa shape index (κ1) is 12.3. The van der Waals surface area contributed by atoms with Gasteiger partial charge < -0.3 is 4.98 Å². The third-order valence-electron chi connectivity index (χ3n) is 3.06. The Morgan fingerprint density at radius 2 is 2.26 bits per heavy atom. The van der Waals surface area contributed by atoms with Gasteiger partial charge in [0.25, 0.3) is 5.56 Å². The lowest BCUT2D eigenvalue weighted by Gasteiger charge is -2.03. The van der Waals surface area contributed by atoms with Crippen molar-refractivity contribution < 1.29 is 4.39 Å². The lowest BCUT2D eigenvalue weighted by Crippen LogP contribution is -2.14. The third kappa shape index (κ3) is 2.68. The normalized spacial score (nSPS) is 13.5. The summed E-state index contributed by atoms with van der Waals surface area (Å²) in [5, 5.41) is 0.593. The van der Waals surface area contributed by atoms with Gasteiger partial charge in [-0.1, -0.05) is 11.8 Å². The molecule has 2 aromatic rings. The number of aromatic amines is 1. The molecule has 3 rings (SSSR count). The number of aromatic nitrogens is 3. The highest BCUT2D eigenvalue weighted by molar-refractivity contribution is 7.98. The molecule has 1 aliphatic carbocycles. The standard InChI is InChI=1S/C13H12FN3OS/c14-9-4-8(5-15-6-9)7-19-13-16-11-3-1-2-10(11)12(18)17-13/h4-6H,1-3,7H2,(H,16,17,18). The van der Waals surface area contributed by atoms with E-state index in [1.165, 1.54) is 24.0 Å². The maximum absolute atomic E-state index is 13.0. The Morgan fingerprint density at radius 3 is 3.11 bits per heavy atom. The lowest BCUT2D eigenvalue weighted by atomic mass is 10.3. The Morgan fingerprint density at radius 1 is 1.37 bits per heavy atom. The highest BCUT2D eigenvalue weighted by Crippen LogP contribution is 2.22. The van der Waals surface area contributed by atoms with E-state index in [9.17, 15) is 9.18 Å². The van der Waals surface area contributed by atoms with Crippen LogP contribution in [0.15, 0.2) is 28.4 Å². The van der Waals surface area contributed by atoms with E-state index >= 15 is 0 Å². The summed E-state index contributed by atoms with van der Waals surface area (Å²) >= 11 is 1.39. The quantitative estimate of drug-likeness (QED) is 0.689. The summed E-state index contributed by atoms with van der Waals surface area (Å²) in [4.78, 5) is 22.8. The monoisotopic (exact) mass is 277 g/mol. The van der Waals surface area contributed by atoms with Crippen LogP contribution in [-0.2, 0) is 18.6 Å². The summed E-state index contributed by atoms with van der Waals surface area (Å²) < 4.78 is 13.0. The van der Waals surface area contributed by atoms with Gasteiger partial charge >= 0.3 is 0 Å². The number of pyridine rings is 1. The molecule has 2 heterocycles. The van der Waals surface area contributed by atoms with Crippen LogP contribution in [0.5, 0.6) is 0 Å². The first-order chi connectivity index (χ1) is 9.22. The Kier molecular flexibility index (Phi) is 3.33. The molecule has 0 radical (unpaired) electrons. The first-order valence-corrected chi connectivity index (χ1v) is 7.05. The van der Waals surface area contributed by atoms with Gasteiger partial charge in [-0.25, -0.2) is 9.37 Å². The largest absolute Gasteiger partial charge is 0.301 e. The number of H-pyrrole nitrogens is 1. The molecule has 0 aliphatic heterocycles. The highest BCUT2D eigenvalue weighted by atomic mass is 32.2. The number of halogens is 1. The molecule has 0 fully saturated rings. The molecule has 1 N–H and O–H groups in total. The number of fused-ring (bicyclic) bond motifs is 1. The molecule has 4 nitrogen and oxygen atoms in total. The Balaban J connectivity index is 1.77. The number of aryl methyl sites for hydroxylation is 1. The maximum atomic E-state index is 13.0. The van der Waals surface area contributed by atoms with Crippen LogP contribution in [-0.4, -0.2) is 15.0 Å². The fourth-order valence-corrected chi connectivity index (χ4v) is 2.97. The van der Waals surface area contributed by atoms with Crippen LogP contribution in [0.1, 0.15) is 23.2 Å². The molecule has 2 aromatic heterocycles. The van der Waals surface area contributed by atoms with Gasteiger partial charge in [0.2, 0.25) is 0 Å². The van der Waals surface area contributed by atoms with Gasteiger partial charge in [0.15, 0.2) is 5.16 Å². The molecule has 0 amide bonds. The van der Waals surface area contributed by atoms with Crippen molar-refractivity contribution in [1.82, 2.24) is 15.0 Å². The predicted molar refractivity (Wildman–Crippen MR) is 70.6 cm³/mol. The SMILES string of the molecule is O=c1[nH]c(SCc2cncc(F)c2)nc2c1CCC2. The average molecular weight is 277 g/mol. The van der Waals surface area contributed by atoms with Crippen LogP contribution < -0.4 is 5.56 Å². The summed E-state index contributed by atoms with van der Waals surface area (Å²) in [6.45, 7) is 0. The molecule has 19 heavy (non-hydrogen) atoms. The van der Waals surface area contributed by atoms with Crippen molar-refractivity contribution in [3.05, 3.63) is 51.5 Å². The number of rotatable bonds is 3. The fraction of sp³-hybridized carbons (Fsp3) is 0.308. The van der Waals surface area contributed by atoms with E-state index in [4.69, 9.17) is 0 Å². The van der Waals surface area contributed by atoms with Crippen molar-refractivity contribution in [2.24, 2.45) is 0 Å². The van der Waals surface area contributed by atoms with Crippen molar-refractivity contribution in [2.75, 3.05) is 0 Å². The number of nitrogens with one attached hydrogen (secondary N) is 1. The summed E-state index contributed by atoms with van der Waals surface area (Å²) in [5.41, 5.74) is 2.45. The molecule has 0 unspecified atom stereocenters. The van der Waals surface area contributed by atoms with Crippen molar-refractivity contribution in [1.29, 1.82) is 0 Å². The zero-order chi connectivity index (χ0) is 13.2. The van der Waals surface area contributed by atoms with Crippen LogP contribution in [0, 0.1) is 5.82 Å². The summed E-state index contributed by atoms with van der Waals surface area (Å²) in [6.07, 6.45) is 5.46. The molecule has 0 atom stereocenters. The van der Waals surface area contributed by atoms with Gasteiger partial charge in [-0.3, -0.25) is 9.78 Å². The number of thioether (sulfide) groups is 1. The number of nitrogens with zero attached hydrogens (tertiary/aromatic N) is 2. The zero-order valence-electron chi connectivity index (χ0n) is 10.1. The molecule has 0 saturated carbocycles. The summed E-state index contributed by atoms with van der Waals surface area (Å²) in [5.74, 6) is 0.181. The second kappa shape index (κ2) is 5.13. The van der Waals surface area contributed by atoms with Crippen molar-refractivity contribution >= 4 is 11.8 Å². The molecule has 1 aliphatic rings. The molecule has 0 spiro atoms. The Labute approximate surface area is 113 Å². The third-order valence-corrected chi connectivity index (χ3v) is 4.00. The fourth-order valence-electron chi connectivity index (χ4n) is 2.17. The van der Waals surface area contributed by atoms with E-state index in [0.717, 1.165) is 36.1 Å². The second-order valence-corrected chi connectivity index (χ2v) is 5.41. The smallest absolute Gasteiger partial charge is 0.254 e. The van der Waals surface area contributed by atoms with Gasteiger partial charge in [-0.05, 0) is 30.9 Å². The summed E-state index contributed by atoms with van der Waals surface area (Å²) in [6, 6.07) is 1.44. The van der Waals surface area contributed by atoms with Gasteiger partial charge in [0, 0.05) is 17.5 Å². The first-order valence-electron chi connectivity index (χ1n) is 6.06. The molecule has 0 bridgehead atoms. The zero-order valence-corrected chi connectivity index (χ0v) is 11.0. The molecule has 0 aromatic carbocycles. The average Bonchev–Trinajstić information content (AvgIpc) is 2.85. The van der Waals surface area contributed by atoms with E-state index in [1.807, 2.05) is 0 Å². The second-order valence-electron chi connectivity index (χ2n) is 4.45. The van der Waals surface area contributed by atoms with E-state index in [2.05, 4.69) is 15.0 Å². The predicted octanol–water partition coefficient (Wildman–Crippen LogP) is 2.08. The van der Waals surface area contributed by atoms with Crippen LogP contribution in [0.2, 0.25) is 0 Å². The molecular weight excluding hydrogens is 265 g/mol. The van der Waals surface area contributed by atoms with Gasteiger partial charge in [-0.2, -0.15) is 0 Å². The van der Waals surface area contributed by atoms with Gasteiger partial charge in [0.05, 0.1) is 11.9 Å². The molecule has 0 saturated heterocycles. The van der Waals surface area contributed by atoms with E-state index in [0.29, 0.717) is 10.9 Å². The minimum Gasteiger partial charge on any atom is -0.301 e. The molecule has 6 heteroatoms. The minimum atomic E-state index is -0.353. The van der Waals surface area contributed by atoms with Crippen LogP contribution in [0.3, 0.4) is 0 Å². The van der Waals surface area contributed by atoms with E-state index < -0.39 is 0 Å². The van der Waals surface area contributed by atoms with Crippen molar-refractivity contribution in [2.45, 2.75) is 30.2 Å². The number of hydrogen-bond acceptors (Lipinski definition) is 4. The summed E-state index contributed by atoms with van der Waals surface area (Å²) in [7, 11) is 0. The molecule has 98 valence electrons. The minimum absolute atomic E-state index is 0.0395. The van der Waals surface area contributed by atoms with Crippen LogP contribution in [0.4, 0.5) is 4.39 Å². The topological polar surface area (TPSA) is 58.6 Å². The van der Waals surface area contributed by atoms with Crippen LogP contribution in [0.25, 0.3) is 0 Å². The van der Waals surface area contributed by atoms with Crippen molar-refractivity contribution in [3.8, 4) is 0 Å². The highest BCUT2D eigenvalue weighted by Gasteiger charge is 2.17. The van der Waals surface area contributed by atoms with Gasteiger partial charge in [0.1, 0.15) is 5.82 Å². The van der Waals surface area contributed by atoms with E-state index in [-0.39, 0.29) is 11.4 Å². The van der Waals surface area contributed by atoms with Crippen molar-refractivity contribution in [3.63, 3.8) is 0 Å².